The number of carbonyl (C=O) groups excluding carboxylic acids is 1. The Morgan fingerprint density at radius 1 is 0.971 bits per heavy atom. The molecule has 9 heteroatoms. The molecule has 1 aliphatic rings. The minimum absolute atomic E-state index is 0.188. The number of carbonyl (C=O) groups is 1. The van der Waals surface area contributed by atoms with Crippen molar-refractivity contribution in [1.82, 2.24) is 14.8 Å². The number of ether oxygens (including phenoxy) is 1. The quantitative estimate of drug-likeness (QED) is 0.363. The van der Waals surface area contributed by atoms with Crippen molar-refractivity contribution in [3.63, 3.8) is 0 Å². The second kappa shape index (κ2) is 9.21. The topological polar surface area (TPSA) is 81.1 Å². The number of allylic oxidation sites excluding steroid dienone is 1. The molecule has 1 aliphatic heterocycles. The zero-order valence-corrected chi connectivity index (χ0v) is 19.5. The van der Waals surface area contributed by atoms with Crippen molar-refractivity contribution < 1.29 is 9.53 Å². The molecule has 3 aromatic carbocycles. The van der Waals surface area contributed by atoms with Gasteiger partial charge in [0.05, 0.1) is 7.11 Å². The molecule has 4 aromatic rings. The first-order valence-corrected chi connectivity index (χ1v) is 11.2. The Hall–Kier alpha value is -3.81. The summed E-state index contributed by atoms with van der Waals surface area (Å²) in [7, 11) is 1.57. The van der Waals surface area contributed by atoms with Crippen molar-refractivity contribution in [2.24, 2.45) is 0 Å². The number of hydrogen-bond acceptors (Lipinski definition) is 5. The van der Waals surface area contributed by atoms with Crippen LogP contribution in [0.1, 0.15) is 27.5 Å². The van der Waals surface area contributed by atoms with E-state index < -0.39 is 0 Å². The first-order chi connectivity index (χ1) is 16.5. The van der Waals surface area contributed by atoms with Crippen molar-refractivity contribution in [3.05, 3.63) is 106 Å². The highest BCUT2D eigenvalue weighted by Gasteiger charge is 2.26. The number of benzene rings is 3. The van der Waals surface area contributed by atoms with E-state index in [1.807, 2.05) is 54.6 Å². The number of aromatic nitrogens is 3. The van der Waals surface area contributed by atoms with Gasteiger partial charge in [-0.2, -0.15) is 4.98 Å². The number of amides is 1. The third-order valence-electron chi connectivity index (χ3n) is 5.41. The molecule has 1 atom stereocenters. The van der Waals surface area contributed by atoms with Crippen LogP contribution >= 0.6 is 23.2 Å². The van der Waals surface area contributed by atoms with E-state index in [2.05, 4.69) is 20.7 Å². The lowest BCUT2D eigenvalue weighted by molar-refractivity contribution is 0.102. The second-order valence-corrected chi connectivity index (χ2v) is 8.47. The first-order valence-electron chi connectivity index (χ1n) is 10.4. The van der Waals surface area contributed by atoms with E-state index in [-0.39, 0.29) is 17.9 Å². The molecule has 1 amide bonds. The molecule has 0 fully saturated rings. The minimum Gasteiger partial charge on any atom is -0.497 e. The number of nitrogens with zero attached hydrogens (tertiary/aromatic N) is 3. The van der Waals surface area contributed by atoms with Crippen LogP contribution in [-0.4, -0.2) is 27.8 Å². The molecule has 1 aromatic heterocycles. The maximum Gasteiger partial charge on any atom is 0.258 e. The van der Waals surface area contributed by atoms with E-state index in [0.29, 0.717) is 27.3 Å². The minimum atomic E-state index is -0.320. The van der Waals surface area contributed by atoms with E-state index in [1.165, 1.54) is 0 Å². The number of rotatable bonds is 5. The van der Waals surface area contributed by atoms with Gasteiger partial charge in [0.15, 0.2) is 0 Å². The summed E-state index contributed by atoms with van der Waals surface area (Å²) in [5.74, 6) is 1.04. The fraction of sp³-hybridized carbons (Fsp3) is 0.0800. The molecule has 170 valence electrons. The zero-order chi connectivity index (χ0) is 23.7. The Morgan fingerprint density at radius 3 is 2.26 bits per heavy atom. The standard InChI is InChI=1S/C25H19Cl2N5O2/c1-34-20-12-6-17(7-13-20)23(33)29-24-30-25-28-21(15-2-8-18(26)9-3-15)14-22(32(25)31-24)16-4-10-19(27)11-5-16/h2-14,22H,1H3,(H2,28,29,30,31,33)/t22-/m0/s1. The Kier molecular flexibility index (Phi) is 5.96. The highest BCUT2D eigenvalue weighted by molar-refractivity contribution is 6.30. The summed E-state index contributed by atoms with van der Waals surface area (Å²) >= 11 is 12.2. The van der Waals surface area contributed by atoms with E-state index in [9.17, 15) is 4.79 Å². The number of halogens is 2. The molecule has 2 heterocycles. The van der Waals surface area contributed by atoms with Gasteiger partial charge in [-0.15, -0.1) is 5.10 Å². The normalized spacial score (nSPS) is 14.6. The lowest BCUT2D eigenvalue weighted by Gasteiger charge is -2.24. The monoisotopic (exact) mass is 491 g/mol. The predicted molar refractivity (Wildman–Crippen MR) is 134 cm³/mol. The van der Waals surface area contributed by atoms with Crippen LogP contribution in [0.15, 0.2) is 78.9 Å². The molecular formula is C25H19Cl2N5O2. The van der Waals surface area contributed by atoms with Gasteiger partial charge in [-0.05, 0) is 65.7 Å². The van der Waals surface area contributed by atoms with Crippen LogP contribution in [0.2, 0.25) is 10.0 Å². The third kappa shape index (κ3) is 4.48. The van der Waals surface area contributed by atoms with E-state index in [1.54, 1.807) is 36.1 Å². The number of fused-ring (bicyclic) bond motifs is 1. The number of nitrogens with one attached hydrogen (secondary N) is 2. The summed E-state index contributed by atoms with van der Waals surface area (Å²) in [6.07, 6.45) is 2.04. The average Bonchev–Trinajstić information content (AvgIpc) is 3.27. The van der Waals surface area contributed by atoms with Crippen LogP contribution in [0.5, 0.6) is 5.75 Å². The van der Waals surface area contributed by atoms with Crippen molar-refractivity contribution in [3.8, 4) is 5.75 Å². The lowest BCUT2D eigenvalue weighted by Crippen LogP contribution is -2.20. The number of anilines is 2. The number of hydrogen-bond donors (Lipinski definition) is 2. The number of methoxy groups -OCH3 is 1. The SMILES string of the molecule is COc1ccc(C(=O)Nc2nc3n(n2)[C@H](c2ccc(Cl)cc2)C=C(c2ccc(Cl)cc2)N3)cc1. The molecular weight excluding hydrogens is 473 g/mol. The summed E-state index contributed by atoms with van der Waals surface area (Å²) in [6.45, 7) is 0. The van der Waals surface area contributed by atoms with Gasteiger partial charge in [-0.25, -0.2) is 4.68 Å². The first kappa shape index (κ1) is 22.0. The fourth-order valence-corrected chi connectivity index (χ4v) is 3.91. The maximum absolute atomic E-state index is 12.7. The molecule has 34 heavy (non-hydrogen) atoms. The molecule has 0 aliphatic carbocycles. The summed E-state index contributed by atoms with van der Waals surface area (Å²) < 4.78 is 6.88. The van der Waals surface area contributed by atoms with Gasteiger partial charge in [-0.3, -0.25) is 10.1 Å². The van der Waals surface area contributed by atoms with Crippen LogP contribution in [-0.2, 0) is 0 Å². The van der Waals surface area contributed by atoms with E-state index in [4.69, 9.17) is 27.9 Å². The van der Waals surface area contributed by atoms with Gasteiger partial charge in [0.2, 0.25) is 5.95 Å². The Morgan fingerprint density at radius 2 is 1.62 bits per heavy atom. The Balaban J connectivity index is 1.48. The zero-order valence-electron chi connectivity index (χ0n) is 18.0. The van der Waals surface area contributed by atoms with Crippen LogP contribution in [0, 0.1) is 0 Å². The van der Waals surface area contributed by atoms with Gasteiger partial charge in [0.1, 0.15) is 11.8 Å². The van der Waals surface area contributed by atoms with Crippen LogP contribution in [0.4, 0.5) is 11.9 Å². The highest BCUT2D eigenvalue weighted by atomic mass is 35.5. The average molecular weight is 492 g/mol. The fourth-order valence-electron chi connectivity index (χ4n) is 3.66. The maximum atomic E-state index is 12.7. The van der Waals surface area contributed by atoms with Gasteiger partial charge in [-0.1, -0.05) is 47.5 Å². The van der Waals surface area contributed by atoms with Crippen LogP contribution in [0.3, 0.4) is 0 Å². The van der Waals surface area contributed by atoms with Crippen molar-refractivity contribution >= 4 is 46.7 Å². The van der Waals surface area contributed by atoms with Crippen molar-refractivity contribution in [2.45, 2.75) is 6.04 Å². The highest BCUT2D eigenvalue weighted by Crippen LogP contribution is 2.34. The molecule has 0 spiro atoms. The predicted octanol–water partition coefficient (Wildman–Crippen LogP) is 5.90. The molecule has 0 saturated carbocycles. The largest absolute Gasteiger partial charge is 0.497 e. The smallest absolute Gasteiger partial charge is 0.258 e. The van der Waals surface area contributed by atoms with Crippen molar-refractivity contribution in [2.75, 3.05) is 17.7 Å². The van der Waals surface area contributed by atoms with Crippen LogP contribution in [0.25, 0.3) is 5.70 Å². The summed E-state index contributed by atoms with van der Waals surface area (Å²) in [6, 6.07) is 21.6. The van der Waals surface area contributed by atoms with Gasteiger partial charge in [0, 0.05) is 21.3 Å². The second-order valence-electron chi connectivity index (χ2n) is 7.59. The van der Waals surface area contributed by atoms with Gasteiger partial charge in [0.25, 0.3) is 11.9 Å². The molecule has 0 saturated heterocycles. The molecule has 5 rings (SSSR count). The van der Waals surface area contributed by atoms with Gasteiger partial charge < -0.3 is 10.1 Å². The van der Waals surface area contributed by atoms with Gasteiger partial charge >= 0.3 is 0 Å². The molecule has 2 N–H and O–H groups in total. The van der Waals surface area contributed by atoms with E-state index in [0.717, 1.165) is 16.8 Å². The lowest BCUT2D eigenvalue weighted by atomic mass is 10.0. The van der Waals surface area contributed by atoms with Crippen molar-refractivity contribution in [1.29, 1.82) is 0 Å². The van der Waals surface area contributed by atoms with Crippen LogP contribution < -0.4 is 15.4 Å². The summed E-state index contributed by atoms with van der Waals surface area (Å²) in [5.41, 5.74) is 3.23. The summed E-state index contributed by atoms with van der Waals surface area (Å²) in [5, 5.41) is 11.9. The third-order valence-corrected chi connectivity index (χ3v) is 5.91. The molecule has 7 nitrogen and oxygen atoms in total. The Bertz CT molecular complexity index is 1360. The molecule has 0 bridgehead atoms. The molecule has 0 radical (unpaired) electrons. The molecule has 0 unspecified atom stereocenters. The summed E-state index contributed by atoms with van der Waals surface area (Å²) in [4.78, 5) is 17.3. The van der Waals surface area contributed by atoms with E-state index >= 15 is 0 Å². The Labute approximate surface area is 206 Å².